The van der Waals surface area contributed by atoms with E-state index in [9.17, 15) is 13.2 Å². The molecule has 31 heavy (non-hydrogen) atoms. The maximum absolute atomic E-state index is 13.0. The van der Waals surface area contributed by atoms with Gasteiger partial charge >= 0.3 is 0 Å². The molecule has 0 atom stereocenters. The molecule has 12 heteroatoms. The van der Waals surface area contributed by atoms with Crippen LogP contribution in [0.5, 0.6) is 11.5 Å². The Labute approximate surface area is 182 Å². The highest BCUT2D eigenvalue weighted by Gasteiger charge is 2.31. The summed E-state index contributed by atoms with van der Waals surface area (Å²) in [4.78, 5) is 17.6. The number of hydrogen-bond donors (Lipinski definition) is 1. The third kappa shape index (κ3) is 4.14. The lowest BCUT2D eigenvalue weighted by atomic mass is 10.2. The number of benzene rings is 2. The lowest BCUT2D eigenvalue weighted by molar-refractivity contribution is -0.121. The fraction of sp³-hybridized carbons (Fsp3) is 0.211. The van der Waals surface area contributed by atoms with Crippen LogP contribution >= 0.6 is 11.6 Å². The molecule has 0 aliphatic carbocycles. The number of nitrogens with one attached hydrogen (secondary N) is 1. The Kier molecular flexibility index (Phi) is 5.46. The Bertz CT molecular complexity index is 1260. The maximum Gasteiger partial charge on any atom is 0.265 e. The molecule has 0 saturated heterocycles. The molecule has 0 unspecified atom stereocenters. The van der Waals surface area contributed by atoms with Gasteiger partial charge in [-0.1, -0.05) is 28.9 Å². The molecule has 10 nitrogen and oxygen atoms in total. The van der Waals surface area contributed by atoms with E-state index in [0.29, 0.717) is 23.2 Å². The number of sulfonamides is 1. The average molecular weight is 465 g/mol. The SMILES string of the molecule is COc1ccccc1NS(=O)(=O)c1cc2c(cc1Cl)N(Cc1noc(C)n1)C(=O)CO2. The summed E-state index contributed by atoms with van der Waals surface area (Å²) in [6.45, 7) is 1.38. The van der Waals surface area contributed by atoms with Gasteiger partial charge in [0.2, 0.25) is 5.89 Å². The molecule has 0 bridgehead atoms. The summed E-state index contributed by atoms with van der Waals surface area (Å²) in [6.07, 6.45) is 0. The van der Waals surface area contributed by atoms with E-state index in [1.165, 1.54) is 24.1 Å². The number of rotatable bonds is 6. The smallest absolute Gasteiger partial charge is 0.265 e. The van der Waals surface area contributed by atoms with E-state index in [1.807, 2.05) is 0 Å². The monoisotopic (exact) mass is 464 g/mol. The lowest BCUT2D eigenvalue weighted by Gasteiger charge is -2.29. The fourth-order valence-corrected chi connectivity index (χ4v) is 4.67. The summed E-state index contributed by atoms with van der Waals surface area (Å²) in [7, 11) is -2.65. The Morgan fingerprint density at radius 2 is 2.06 bits per heavy atom. The third-order valence-electron chi connectivity index (χ3n) is 4.47. The standard InChI is InChI=1S/C19H17ClN4O6S/c1-11-21-18(22-30-11)9-24-14-7-12(20)17(8-16(14)29-10-19(24)25)31(26,27)23-13-5-3-4-6-15(13)28-2/h3-8,23H,9-10H2,1-2H3. The van der Waals surface area contributed by atoms with Crippen LogP contribution in [0.1, 0.15) is 11.7 Å². The highest BCUT2D eigenvalue weighted by Crippen LogP contribution is 2.40. The van der Waals surface area contributed by atoms with Gasteiger partial charge in [-0.25, -0.2) is 8.42 Å². The van der Waals surface area contributed by atoms with Gasteiger partial charge in [-0.2, -0.15) is 4.98 Å². The summed E-state index contributed by atoms with van der Waals surface area (Å²) in [5.41, 5.74) is 0.559. The normalized spacial score (nSPS) is 13.5. The number of para-hydroxylation sites is 2. The summed E-state index contributed by atoms with van der Waals surface area (Å²) >= 11 is 6.31. The average Bonchev–Trinajstić information content (AvgIpc) is 3.15. The van der Waals surface area contributed by atoms with E-state index < -0.39 is 10.0 Å². The third-order valence-corrected chi connectivity index (χ3v) is 6.30. The van der Waals surface area contributed by atoms with Crippen LogP contribution in [0.3, 0.4) is 0 Å². The highest BCUT2D eigenvalue weighted by molar-refractivity contribution is 7.92. The molecular weight excluding hydrogens is 448 g/mol. The van der Waals surface area contributed by atoms with Crippen molar-refractivity contribution in [1.29, 1.82) is 0 Å². The quantitative estimate of drug-likeness (QED) is 0.590. The predicted molar refractivity (Wildman–Crippen MR) is 111 cm³/mol. The number of ether oxygens (including phenoxy) is 2. The van der Waals surface area contributed by atoms with Crippen molar-refractivity contribution < 1.29 is 27.2 Å². The van der Waals surface area contributed by atoms with Crippen molar-refractivity contribution >= 4 is 38.9 Å². The van der Waals surface area contributed by atoms with Crippen molar-refractivity contribution in [3.8, 4) is 11.5 Å². The number of anilines is 2. The second-order valence-corrected chi connectivity index (χ2v) is 8.61. The fourth-order valence-electron chi connectivity index (χ4n) is 3.06. The van der Waals surface area contributed by atoms with Gasteiger partial charge in [0.25, 0.3) is 15.9 Å². The van der Waals surface area contributed by atoms with Gasteiger partial charge in [0, 0.05) is 13.0 Å². The number of hydrogen-bond acceptors (Lipinski definition) is 8. The Hall–Kier alpha value is -3.31. The van der Waals surface area contributed by atoms with E-state index in [4.69, 9.17) is 25.6 Å². The van der Waals surface area contributed by atoms with Gasteiger partial charge in [0.15, 0.2) is 12.4 Å². The first-order chi connectivity index (χ1) is 14.8. The minimum absolute atomic E-state index is 0.0222. The van der Waals surface area contributed by atoms with Crippen LogP contribution in [0.2, 0.25) is 5.02 Å². The van der Waals surface area contributed by atoms with Crippen molar-refractivity contribution in [1.82, 2.24) is 10.1 Å². The minimum Gasteiger partial charge on any atom is -0.495 e. The Balaban J connectivity index is 1.69. The van der Waals surface area contributed by atoms with E-state index >= 15 is 0 Å². The molecule has 1 aliphatic heterocycles. The predicted octanol–water partition coefficient (Wildman–Crippen LogP) is 2.77. The maximum atomic E-state index is 13.0. The molecule has 1 aromatic heterocycles. The van der Waals surface area contributed by atoms with Crippen LogP contribution in [0, 0.1) is 6.92 Å². The molecule has 3 aromatic rings. The van der Waals surface area contributed by atoms with Crippen LogP contribution < -0.4 is 19.1 Å². The highest BCUT2D eigenvalue weighted by atomic mass is 35.5. The second-order valence-electron chi connectivity index (χ2n) is 6.55. The minimum atomic E-state index is -4.08. The van der Waals surface area contributed by atoms with Gasteiger partial charge in [-0.3, -0.25) is 14.4 Å². The summed E-state index contributed by atoms with van der Waals surface area (Å²) in [6, 6.07) is 9.20. The molecule has 0 spiro atoms. The van der Waals surface area contributed by atoms with E-state index in [2.05, 4.69) is 14.9 Å². The Morgan fingerprint density at radius 3 is 2.77 bits per heavy atom. The molecule has 1 amide bonds. The van der Waals surface area contributed by atoms with Gasteiger partial charge < -0.3 is 14.0 Å². The summed E-state index contributed by atoms with van der Waals surface area (Å²) in [5, 5.41) is 3.70. The number of carbonyl (C=O) groups excluding carboxylic acids is 1. The molecule has 2 aromatic carbocycles. The van der Waals surface area contributed by atoms with Crippen molar-refractivity contribution in [2.24, 2.45) is 0 Å². The van der Waals surface area contributed by atoms with Crippen LogP contribution in [0.25, 0.3) is 0 Å². The lowest BCUT2D eigenvalue weighted by Crippen LogP contribution is -2.38. The number of halogens is 1. The van der Waals surface area contributed by atoms with Crippen LogP contribution in [0.4, 0.5) is 11.4 Å². The van der Waals surface area contributed by atoms with Gasteiger partial charge in [-0.05, 0) is 18.2 Å². The van der Waals surface area contributed by atoms with Gasteiger partial charge in [-0.15, -0.1) is 0 Å². The molecule has 0 fully saturated rings. The first kappa shape index (κ1) is 20.9. The number of aryl methyl sites for hydroxylation is 1. The van der Waals surface area contributed by atoms with E-state index in [-0.39, 0.29) is 40.4 Å². The number of nitrogens with zero attached hydrogens (tertiary/aromatic N) is 3. The van der Waals surface area contributed by atoms with Crippen LogP contribution in [-0.2, 0) is 21.4 Å². The number of fused-ring (bicyclic) bond motifs is 1. The first-order valence-corrected chi connectivity index (χ1v) is 10.9. The number of methoxy groups -OCH3 is 1. The topological polar surface area (TPSA) is 124 Å². The molecule has 0 radical (unpaired) electrons. The van der Waals surface area contributed by atoms with Crippen molar-refractivity contribution in [3.63, 3.8) is 0 Å². The molecule has 1 aliphatic rings. The zero-order valence-corrected chi connectivity index (χ0v) is 18.0. The van der Waals surface area contributed by atoms with Crippen molar-refractivity contribution in [2.75, 3.05) is 23.3 Å². The number of amides is 1. The van der Waals surface area contributed by atoms with Crippen molar-refractivity contribution in [2.45, 2.75) is 18.4 Å². The van der Waals surface area contributed by atoms with Gasteiger partial charge in [0.05, 0.1) is 30.1 Å². The molecule has 1 N–H and O–H groups in total. The zero-order chi connectivity index (χ0) is 22.2. The molecule has 2 heterocycles. The largest absolute Gasteiger partial charge is 0.495 e. The van der Waals surface area contributed by atoms with Crippen molar-refractivity contribution in [3.05, 3.63) is 53.1 Å². The van der Waals surface area contributed by atoms with E-state index in [1.54, 1.807) is 31.2 Å². The molecule has 4 rings (SSSR count). The van der Waals surface area contributed by atoms with Gasteiger partial charge in [0.1, 0.15) is 16.4 Å². The number of aromatic nitrogens is 2. The van der Waals surface area contributed by atoms with Crippen LogP contribution in [-0.4, -0.2) is 38.2 Å². The number of carbonyl (C=O) groups is 1. The summed E-state index contributed by atoms with van der Waals surface area (Å²) in [5.74, 6) is 0.837. The molecular formula is C19H17ClN4O6S. The molecule has 0 saturated carbocycles. The summed E-state index contributed by atoms with van der Waals surface area (Å²) < 4.78 is 44.0. The van der Waals surface area contributed by atoms with E-state index in [0.717, 1.165) is 0 Å². The zero-order valence-electron chi connectivity index (χ0n) is 16.5. The first-order valence-electron chi connectivity index (χ1n) is 9.00. The van der Waals surface area contributed by atoms with Crippen LogP contribution in [0.15, 0.2) is 45.8 Å². The molecule has 162 valence electrons. The Morgan fingerprint density at radius 1 is 1.29 bits per heavy atom. The second kappa shape index (κ2) is 8.08.